The molecular weight excluding hydrogens is 254 g/mol. The summed E-state index contributed by atoms with van der Waals surface area (Å²) in [5.74, 6) is -2.87. The van der Waals surface area contributed by atoms with Gasteiger partial charge in [0.2, 0.25) is 6.10 Å². The first kappa shape index (κ1) is 13.1. The maximum Gasteiger partial charge on any atom is 0.415 e. The van der Waals surface area contributed by atoms with Crippen molar-refractivity contribution < 1.29 is 42.5 Å². The second-order valence-electron chi connectivity index (χ2n) is 2.59. The van der Waals surface area contributed by atoms with Gasteiger partial charge in [0, 0.05) is 6.42 Å². The zero-order valence-electron chi connectivity index (χ0n) is 7.55. The lowest BCUT2D eigenvalue weighted by molar-refractivity contribution is -0.433. The summed E-state index contributed by atoms with van der Waals surface area (Å²) in [5.41, 5.74) is 0. The third-order valence-corrected chi connectivity index (χ3v) is 2.05. The Hall–Kier alpha value is -0.970. The van der Waals surface area contributed by atoms with Crippen molar-refractivity contribution >= 4 is 24.0 Å². The summed E-state index contributed by atoms with van der Waals surface area (Å²) in [6, 6.07) is 0. The van der Waals surface area contributed by atoms with Crippen LogP contribution in [-0.2, 0) is 28.4 Å². The van der Waals surface area contributed by atoms with Gasteiger partial charge in [-0.2, -0.15) is 8.78 Å². The fraction of sp³-hybridized carbons (Fsp3) is 0.667. The van der Waals surface area contributed by atoms with Crippen molar-refractivity contribution in [3.05, 3.63) is 0 Å². The van der Waals surface area contributed by atoms with Crippen molar-refractivity contribution in [3.8, 4) is 0 Å². The number of carbonyl (C=O) groups is 2. The van der Waals surface area contributed by atoms with Crippen LogP contribution in [0.4, 0.5) is 8.78 Å². The van der Waals surface area contributed by atoms with Crippen molar-refractivity contribution in [3.63, 3.8) is 0 Å². The molecule has 0 bridgehead atoms. The largest absolute Gasteiger partial charge is 0.463 e. The van der Waals surface area contributed by atoms with Crippen LogP contribution < -0.4 is 0 Å². The molecule has 0 aromatic rings. The van der Waals surface area contributed by atoms with E-state index in [0.29, 0.717) is 0 Å². The van der Waals surface area contributed by atoms with Crippen LogP contribution in [0.2, 0.25) is 0 Å². The molecule has 1 aliphatic rings. The van der Waals surface area contributed by atoms with E-state index >= 15 is 0 Å². The Labute approximate surface area is 91.7 Å². The molecule has 0 amide bonds. The molecule has 92 valence electrons. The van der Waals surface area contributed by atoms with Crippen molar-refractivity contribution in [1.82, 2.24) is 0 Å². The molecule has 1 fully saturated rings. The Kier molecular flexibility index (Phi) is 4.41. The lowest BCUT2D eigenvalue weighted by Gasteiger charge is -2.14. The van der Waals surface area contributed by atoms with Gasteiger partial charge >= 0.3 is 17.2 Å². The lowest BCUT2D eigenvalue weighted by Crippen LogP contribution is -2.33. The number of halogens is 2. The van der Waals surface area contributed by atoms with Gasteiger partial charge in [-0.25, -0.2) is 14.8 Å². The first-order valence-corrected chi connectivity index (χ1v) is 4.63. The Balaban J connectivity index is 2.47. The molecule has 16 heavy (non-hydrogen) atoms. The highest BCUT2D eigenvalue weighted by molar-refractivity contribution is 7.96. The molecule has 0 aromatic carbocycles. The van der Waals surface area contributed by atoms with Gasteiger partial charge in [-0.15, -0.1) is 4.33 Å². The van der Waals surface area contributed by atoms with Gasteiger partial charge in [-0.1, -0.05) is 5.04 Å². The molecule has 0 aromatic heterocycles. The van der Waals surface area contributed by atoms with Gasteiger partial charge in [-0.3, -0.25) is 0 Å². The van der Waals surface area contributed by atoms with Gasteiger partial charge in [-0.05, 0) is 0 Å². The van der Waals surface area contributed by atoms with Crippen molar-refractivity contribution in [2.75, 3.05) is 6.61 Å². The van der Waals surface area contributed by atoms with Crippen LogP contribution in [0.25, 0.3) is 0 Å². The number of hydrogen-bond acceptors (Lipinski definition) is 8. The number of carbonyl (C=O) groups excluding carboxylic acids is 2. The molecule has 10 heteroatoms. The van der Waals surface area contributed by atoms with Crippen LogP contribution in [-0.4, -0.2) is 35.2 Å². The smallest absolute Gasteiger partial charge is 0.415 e. The fourth-order valence-corrected chi connectivity index (χ4v) is 1.11. The molecule has 7 nitrogen and oxygen atoms in total. The molecule has 1 unspecified atom stereocenters. The van der Waals surface area contributed by atoms with Crippen LogP contribution in [0.5, 0.6) is 0 Å². The van der Waals surface area contributed by atoms with Crippen LogP contribution in [0, 0.1) is 0 Å². The second-order valence-corrected chi connectivity index (χ2v) is 3.41. The first-order valence-electron chi connectivity index (χ1n) is 3.89. The third kappa shape index (κ3) is 3.27. The molecule has 1 atom stereocenters. The SMILES string of the molecule is O=C1OCCC1OC(=O)C(F)(F)SOOO. The molecular formula is C6H6F2O7S. The molecule has 0 spiro atoms. The summed E-state index contributed by atoms with van der Waals surface area (Å²) in [7, 11) is 0. The minimum atomic E-state index is -4.11. The molecule has 0 aliphatic carbocycles. The van der Waals surface area contributed by atoms with E-state index in [2.05, 4.69) is 18.8 Å². The van der Waals surface area contributed by atoms with Crippen LogP contribution >= 0.6 is 12.0 Å². The molecule has 1 aliphatic heterocycles. The first-order chi connectivity index (χ1) is 7.47. The van der Waals surface area contributed by atoms with E-state index in [9.17, 15) is 18.4 Å². The minimum Gasteiger partial charge on any atom is -0.463 e. The maximum absolute atomic E-state index is 12.8. The Morgan fingerprint density at radius 2 is 2.31 bits per heavy atom. The number of hydrogen-bond donors (Lipinski definition) is 1. The van der Waals surface area contributed by atoms with Crippen molar-refractivity contribution in [1.29, 1.82) is 0 Å². The van der Waals surface area contributed by atoms with Gasteiger partial charge in [0.1, 0.15) is 12.0 Å². The van der Waals surface area contributed by atoms with E-state index in [-0.39, 0.29) is 13.0 Å². The minimum absolute atomic E-state index is 0.00570. The van der Waals surface area contributed by atoms with Gasteiger partial charge in [0.15, 0.2) is 0 Å². The Bertz CT molecular complexity index is 284. The van der Waals surface area contributed by atoms with Gasteiger partial charge in [0.05, 0.1) is 6.61 Å². The summed E-state index contributed by atoms with van der Waals surface area (Å²) >= 11 is -0.761. The zero-order valence-corrected chi connectivity index (χ0v) is 8.37. The molecule has 0 saturated carbocycles. The number of esters is 2. The van der Waals surface area contributed by atoms with Gasteiger partial charge in [0.25, 0.3) is 0 Å². The summed E-state index contributed by atoms with van der Waals surface area (Å²) in [4.78, 5) is 21.7. The van der Waals surface area contributed by atoms with E-state index in [1.807, 2.05) is 0 Å². The van der Waals surface area contributed by atoms with E-state index < -0.39 is 35.3 Å². The van der Waals surface area contributed by atoms with E-state index in [1.54, 1.807) is 0 Å². The number of alkyl halides is 2. The second kappa shape index (κ2) is 5.39. The third-order valence-electron chi connectivity index (χ3n) is 1.54. The number of rotatable bonds is 5. The fourth-order valence-electron chi connectivity index (χ4n) is 0.874. The summed E-state index contributed by atoms with van der Waals surface area (Å²) in [6.45, 7) is 0.00570. The quantitative estimate of drug-likeness (QED) is 0.331. The van der Waals surface area contributed by atoms with Crippen molar-refractivity contribution in [2.24, 2.45) is 0 Å². The number of cyclic esters (lactones) is 1. The molecule has 0 radical (unpaired) electrons. The lowest BCUT2D eigenvalue weighted by atomic mass is 10.3. The van der Waals surface area contributed by atoms with Crippen LogP contribution in [0.1, 0.15) is 6.42 Å². The highest BCUT2D eigenvalue weighted by Gasteiger charge is 2.46. The Morgan fingerprint density at radius 3 is 2.81 bits per heavy atom. The van der Waals surface area contributed by atoms with E-state index in [4.69, 9.17) is 5.26 Å². The van der Waals surface area contributed by atoms with Crippen molar-refractivity contribution in [2.45, 2.75) is 17.8 Å². The molecule has 1 heterocycles. The normalized spacial score (nSPS) is 20.7. The zero-order chi connectivity index (χ0) is 12.2. The summed E-state index contributed by atoms with van der Waals surface area (Å²) in [6.07, 6.45) is -1.32. The van der Waals surface area contributed by atoms with E-state index in [1.165, 1.54) is 0 Å². The standard InChI is InChI=1S/C6H6F2O7S/c7-6(8,16-15-14-11)5(10)13-3-1-2-12-4(3)9/h3,11H,1-2H2. The highest BCUT2D eigenvalue weighted by Crippen LogP contribution is 2.32. The predicted molar refractivity (Wildman–Crippen MR) is 42.8 cm³/mol. The van der Waals surface area contributed by atoms with Crippen LogP contribution in [0.3, 0.4) is 0 Å². The highest BCUT2D eigenvalue weighted by atomic mass is 32.2. The monoisotopic (exact) mass is 260 g/mol. The predicted octanol–water partition coefficient (Wildman–Crippen LogP) is 0.507. The average molecular weight is 260 g/mol. The molecule has 1 saturated heterocycles. The number of ether oxygens (including phenoxy) is 2. The van der Waals surface area contributed by atoms with Gasteiger partial charge < -0.3 is 9.47 Å². The Morgan fingerprint density at radius 1 is 1.62 bits per heavy atom. The summed E-state index contributed by atoms with van der Waals surface area (Å²) < 4.78 is 37.6. The summed E-state index contributed by atoms with van der Waals surface area (Å²) in [5, 5.41) is 6.43. The molecule has 1 rings (SSSR count). The topological polar surface area (TPSA) is 91.3 Å². The average Bonchev–Trinajstić information content (AvgIpc) is 2.61. The van der Waals surface area contributed by atoms with E-state index in [0.717, 1.165) is 0 Å². The maximum atomic E-state index is 12.8. The van der Waals surface area contributed by atoms with Crippen LogP contribution in [0.15, 0.2) is 0 Å². The molecule has 1 N–H and O–H groups in total.